The van der Waals surface area contributed by atoms with Gasteiger partial charge in [-0.3, -0.25) is 9.89 Å². The van der Waals surface area contributed by atoms with Crippen LogP contribution in [0.4, 0.5) is 0 Å². The molecule has 1 aromatic heterocycles. The quantitative estimate of drug-likeness (QED) is 0.816. The Balaban J connectivity index is 1.86. The summed E-state index contributed by atoms with van der Waals surface area (Å²) in [6.45, 7) is 2.37. The fraction of sp³-hybridized carbons (Fsp3) is 0.308. The van der Waals surface area contributed by atoms with Crippen molar-refractivity contribution in [1.29, 1.82) is 0 Å². The lowest BCUT2D eigenvalue weighted by Crippen LogP contribution is -2.08. The maximum atomic E-state index is 11.3. The standard InChI is InChI=1S/C13H14BrN3O3/c1-2-19-13(18)7-11-15-12(17-16-11)8-20-10-5-3-9(14)4-6-10/h3-6H,2,7-8H2,1H3,(H,15,16,17). The van der Waals surface area contributed by atoms with Crippen molar-refractivity contribution in [1.82, 2.24) is 15.2 Å². The summed E-state index contributed by atoms with van der Waals surface area (Å²) in [7, 11) is 0. The third kappa shape index (κ3) is 4.34. The van der Waals surface area contributed by atoms with E-state index in [1.165, 1.54) is 0 Å². The van der Waals surface area contributed by atoms with Crippen LogP contribution in [0, 0.1) is 0 Å². The molecule has 0 atom stereocenters. The Morgan fingerprint density at radius 2 is 2.10 bits per heavy atom. The number of aromatic amines is 1. The van der Waals surface area contributed by atoms with Gasteiger partial charge in [-0.2, -0.15) is 5.10 Å². The van der Waals surface area contributed by atoms with Gasteiger partial charge in [0, 0.05) is 4.47 Å². The topological polar surface area (TPSA) is 77.1 Å². The highest BCUT2D eigenvalue weighted by Gasteiger charge is 2.09. The fourth-order valence-electron chi connectivity index (χ4n) is 1.50. The molecule has 0 saturated heterocycles. The van der Waals surface area contributed by atoms with E-state index in [0.717, 1.165) is 10.2 Å². The molecule has 1 heterocycles. The Morgan fingerprint density at radius 1 is 1.35 bits per heavy atom. The molecule has 2 rings (SSSR count). The number of nitrogens with zero attached hydrogens (tertiary/aromatic N) is 2. The Labute approximate surface area is 124 Å². The van der Waals surface area contributed by atoms with E-state index in [1.807, 2.05) is 24.3 Å². The van der Waals surface area contributed by atoms with Gasteiger partial charge in [-0.1, -0.05) is 15.9 Å². The van der Waals surface area contributed by atoms with Gasteiger partial charge in [0.1, 0.15) is 18.8 Å². The predicted molar refractivity (Wildman–Crippen MR) is 75.2 cm³/mol. The zero-order valence-electron chi connectivity index (χ0n) is 10.9. The minimum absolute atomic E-state index is 0.0582. The van der Waals surface area contributed by atoms with Gasteiger partial charge in [0.15, 0.2) is 11.6 Å². The predicted octanol–water partition coefficient (Wildman–Crippen LogP) is 2.25. The lowest BCUT2D eigenvalue weighted by molar-refractivity contribution is -0.142. The van der Waals surface area contributed by atoms with Gasteiger partial charge in [0.2, 0.25) is 0 Å². The summed E-state index contributed by atoms with van der Waals surface area (Å²) in [6, 6.07) is 7.48. The molecule has 0 aliphatic carbocycles. The van der Waals surface area contributed by atoms with Crippen molar-refractivity contribution in [2.45, 2.75) is 20.0 Å². The van der Waals surface area contributed by atoms with Crippen molar-refractivity contribution in [2.24, 2.45) is 0 Å². The number of hydrogen-bond acceptors (Lipinski definition) is 5. The molecule has 20 heavy (non-hydrogen) atoms. The zero-order chi connectivity index (χ0) is 14.4. The number of hydrogen-bond donors (Lipinski definition) is 1. The number of benzene rings is 1. The van der Waals surface area contributed by atoms with E-state index in [1.54, 1.807) is 6.92 Å². The number of H-pyrrole nitrogens is 1. The smallest absolute Gasteiger partial charge is 0.313 e. The largest absolute Gasteiger partial charge is 0.486 e. The van der Waals surface area contributed by atoms with Crippen molar-refractivity contribution in [2.75, 3.05) is 6.61 Å². The molecule has 0 aliphatic heterocycles. The molecule has 0 bridgehead atoms. The molecule has 0 radical (unpaired) electrons. The highest BCUT2D eigenvalue weighted by atomic mass is 79.9. The summed E-state index contributed by atoms with van der Waals surface area (Å²) in [5.74, 6) is 1.36. The summed E-state index contributed by atoms with van der Waals surface area (Å²) >= 11 is 3.35. The summed E-state index contributed by atoms with van der Waals surface area (Å²) < 4.78 is 11.4. The van der Waals surface area contributed by atoms with E-state index < -0.39 is 0 Å². The Bertz CT molecular complexity index is 568. The Hall–Kier alpha value is -1.89. The molecule has 2 aromatic rings. The van der Waals surface area contributed by atoms with Crippen LogP contribution in [0.25, 0.3) is 0 Å². The molecule has 0 unspecified atom stereocenters. The van der Waals surface area contributed by atoms with Gasteiger partial charge >= 0.3 is 5.97 Å². The molecule has 7 heteroatoms. The third-order valence-electron chi connectivity index (χ3n) is 2.37. The molecule has 106 valence electrons. The van der Waals surface area contributed by atoms with E-state index in [4.69, 9.17) is 9.47 Å². The first-order valence-electron chi connectivity index (χ1n) is 6.11. The maximum absolute atomic E-state index is 11.3. The van der Waals surface area contributed by atoms with Gasteiger partial charge in [0.05, 0.1) is 6.61 Å². The number of rotatable bonds is 6. The van der Waals surface area contributed by atoms with Gasteiger partial charge in [-0.25, -0.2) is 4.98 Å². The highest BCUT2D eigenvalue weighted by Crippen LogP contribution is 2.16. The third-order valence-corrected chi connectivity index (χ3v) is 2.90. The van der Waals surface area contributed by atoms with E-state index >= 15 is 0 Å². The van der Waals surface area contributed by atoms with Crippen LogP contribution in [-0.4, -0.2) is 27.8 Å². The van der Waals surface area contributed by atoms with Crippen molar-refractivity contribution in [3.05, 3.63) is 40.4 Å². The van der Waals surface area contributed by atoms with Gasteiger partial charge in [-0.05, 0) is 31.2 Å². The average Bonchev–Trinajstić information content (AvgIpc) is 2.86. The Kier molecular flexibility index (Phi) is 5.11. The number of esters is 1. The molecule has 0 amide bonds. The van der Waals surface area contributed by atoms with E-state index in [0.29, 0.717) is 18.3 Å². The lowest BCUT2D eigenvalue weighted by Gasteiger charge is -2.03. The number of carbonyl (C=O) groups is 1. The number of ether oxygens (including phenoxy) is 2. The van der Waals surface area contributed by atoms with Crippen LogP contribution in [0.3, 0.4) is 0 Å². The van der Waals surface area contributed by atoms with Crippen LogP contribution in [0.2, 0.25) is 0 Å². The van der Waals surface area contributed by atoms with Crippen LogP contribution >= 0.6 is 15.9 Å². The zero-order valence-corrected chi connectivity index (χ0v) is 12.5. The van der Waals surface area contributed by atoms with Gasteiger partial charge < -0.3 is 9.47 Å². The molecule has 1 N–H and O–H groups in total. The molecule has 0 saturated carbocycles. The SMILES string of the molecule is CCOC(=O)Cc1n[nH]c(COc2ccc(Br)cc2)n1. The van der Waals surface area contributed by atoms with Crippen LogP contribution in [0.5, 0.6) is 5.75 Å². The average molecular weight is 340 g/mol. The fourth-order valence-corrected chi connectivity index (χ4v) is 1.77. The van der Waals surface area contributed by atoms with Crippen LogP contribution in [0.15, 0.2) is 28.7 Å². The summed E-state index contributed by atoms with van der Waals surface area (Å²) in [6.07, 6.45) is 0.0582. The lowest BCUT2D eigenvalue weighted by atomic mass is 10.3. The number of carbonyl (C=O) groups excluding carboxylic acids is 1. The minimum Gasteiger partial charge on any atom is -0.486 e. The van der Waals surface area contributed by atoms with Crippen molar-refractivity contribution in [3.8, 4) is 5.75 Å². The van der Waals surface area contributed by atoms with Crippen LogP contribution in [-0.2, 0) is 22.6 Å². The molecule has 6 nitrogen and oxygen atoms in total. The van der Waals surface area contributed by atoms with Crippen molar-refractivity contribution in [3.63, 3.8) is 0 Å². The number of nitrogens with one attached hydrogen (secondary N) is 1. The minimum atomic E-state index is -0.341. The molecule has 0 aliphatic rings. The van der Waals surface area contributed by atoms with Gasteiger partial charge in [-0.15, -0.1) is 0 Å². The second-order valence-corrected chi connectivity index (χ2v) is 4.84. The summed E-state index contributed by atoms with van der Waals surface area (Å²) in [5.41, 5.74) is 0. The number of halogens is 1. The van der Waals surface area contributed by atoms with Crippen LogP contribution in [0.1, 0.15) is 18.6 Å². The highest BCUT2D eigenvalue weighted by molar-refractivity contribution is 9.10. The molecule has 1 aromatic carbocycles. The van der Waals surface area contributed by atoms with E-state index in [2.05, 4.69) is 31.1 Å². The molecule has 0 fully saturated rings. The first-order chi connectivity index (χ1) is 9.67. The Morgan fingerprint density at radius 3 is 2.80 bits per heavy atom. The number of aromatic nitrogens is 3. The van der Waals surface area contributed by atoms with Crippen molar-refractivity contribution < 1.29 is 14.3 Å². The second-order valence-electron chi connectivity index (χ2n) is 3.92. The summed E-state index contributed by atoms with van der Waals surface area (Å²) in [5, 5.41) is 6.67. The second kappa shape index (κ2) is 7.04. The normalized spacial score (nSPS) is 10.3. The van der Waals surface area contributed by atoms with Crippen LogP contribution < -0.4 is 4.74 Å². The summed E-state index contributed by atoms with van der Waals surface area (Å²) in [4.78, 5) is 15.4. The van der Waals surface area contributed by atoms with E-state index in [-0.39, 0.29) is 19.0 Å². The molecular formula is C13H14BrN3O3. The van der Waals surface area contributed by atoms with Gasteiger partial charge in [0.25, 0.3) is 0 Å². The van der Waals surface area contributed by atoms with Crippen molar-refractivity contribution >= 4 is 21.9 Å². The maximum Gasteiger partial charge on any atom is 0.313 e. The first kappa shape index (κ1) is 14.5. The first-order valence-corrected chi connectivity index (χ1v) is 6.91. The van der Waals surface area contributed by atoms with E-state index in [9.17, 15) is 4.79 Å². The molecular weight excluding hydrogens is 326 g/mol. The molecule has 0 spiro atoms. The monoisotopic (exact) mass is 339 g/mol.